The lowest BCUT2D eigenvalue weighted by atomic mass is 9.97. The van der Waals surface area contributed by atoms with Crippen molar-refractivity contribution in [2.45, 2.75) is 52.3 Å². The molecule has 9 nitrogen and oxygen atoms in total. The zero-order valence-corrected chi connectivity index (χ0v) is 23.3. The van der Waals surface area contributed by atoms with E-state index in [1.54, 1.807) is 54.6 Å². The Bertz CT molecular complexity index is 1130. The van der Waals surface area contributed by atoms with Crippen molar-refractivity contribution >= 4 is 70.4 Å². The molecule has 1 amide bonds. The first kappa shape index (κ1) is 30.0. The maximum Gasteiger partial charge on any atom is 0.338 e. The fourth-order valence-corrected chi connectivity index (χ4v) is 4.95. The molecule has 38 heavy (non-hydrogen) atoms. The largest absolute Gasteiger partial charge is 0.459 e. The van der Waals surface area contributed by atoms with Crippen molar-refractivity contribution in [3.63, 3.8) is 0 Å². The summed E-state index contributed by atoms with van der Waals surface area (Å²) in [4.78, 5) is 50.1. The van der Waals surface area contributed by atoms with Crippen LogP contribution in [0.2, 0.25) is 0 Å². The summed E-state index contributed by atoms with van der Waals surface area (Å²) in [5.41, 5.74) is -0.655. The van der Waals surface area contributed by atoms with Gasteiger partial charge in [-0.3, -0.25) is 14.4 Å². The monoisotopic (exact) mass is 603 g/mol. The van der Waals surface area contributed by atoms with Gasteiger partial charge in [-0.1, -0.05) is 83.0 Å². The maximum absolute atomic E-state index is 12.7. The minimum absolute atomic E-state index is 0.298. The number of alkyl halides is 3. The van der Waals surface area contributed by atoms with Crippen molar-refractivity contribution in [2.75, 3.05) is 6.61 Å². The molecule has 5 atom stereocenters. The summed E-state index contributed by atoms with van der Waals surface area (Å²) in [6.45, 7) is 1.94. The number of thioether (sulfide) groups is 1. The fourth-order valence-electron chi connectivity index (χ4n) is 3.64. The van der Waals surface area contributed by atoms with Gasteiger partial charge in [0.2, 0.25) is 0 Å². The van der Waals surface area contributed by atoms with Crippen molar-refractivity contribution in [2.24, 2.45) is 0 Å². The van der Waals surface area contributed by atoms with E-state index in [-0.39, 0.29) is 6.61 Å². The average molecular weight is 605 g/mol. The summed E-state index contributed by atoms with van der Waals surface area (Å²) in [7, 11) is 0. The van der Waals surface area contributed by atoms with Gasteiger partial charge in [0.05, 0.1) is 5.56 Å². The molecular formula is C25H24Cl3NO8S. The fraction of sp³-hybridized carbons (Fsp3) is 0.360. The first-order valence-electron chi connectivity index (χ1n) is 11.3. The third kappa shape index (κ3) is 8.51. The molecule has 0 saturated carbocycles. The van der Waals surface area contributed by atoms with Crippen molar-refractivity contribution in [3.8, 4) is 0 Å². The number of carbonyl (C=O) groups excluding carboxylic acids is 4. The molecule has 1 aliphatic heterocycles. The highest BCUT2D eigenvalue weighted by Crippen LogP contribution is 2.37. The molecule has 0 bridgehead atoms. The molecule has 204 valence electrons. The van der Waals surface area contributed by atoms with Gasteiger partial charge in [-0.2, -0.15) is 0 Å². The molecule has 0 spiro atoms. The summed E-state index contributed by atoms with van der Waals surface area (Å²) < 4.78 is 20.3. The quantitative estimate of drug-likeness (QED) is 0.270. The second kappa shape index (κ2) is 13.5. The molecule has 0 aromatic heterocycles. The van der Waals surface area contributed by atoms with Crippen LogP contribution in [0.4, 0.5) is 0 Å². The highest BCUT2D eigenvalue weighted by Gasteiger charge is 2.52. The molecular weight excluding hydrogens is 581 g/mol. The molecule has 2 aromatic carbocycles. The van der Waals surface area contributed by atoms with Gasteiger partial charge in [-0.05, 0) is 24.3 Å². The van der Waals surface area contributed by atoms with E-state index in [2.05, 4.69) is 5.32 Å². The molecule has 2 unspecified atom stereocenters. The van der Waals surface area contributed by atoms with Crippen LogP contribution in [0, 0.1) is 0 Å². The van der Waals surface area contributed by atoms with Crippen molar-refractivity contribution in [3.05, 3.63) is 66.2 Å². The van der Waals surface area contributed by atoms with E-state index in [0.717, 1.165) is 18.7 Å². The summed E-state index contributed by atoms with van der Waals surface area (Å²) in [5, 5.41) is 2.54. The van der Waals surface area contributed by atoms with E-state index in [9.17, 15) is 19.2 Å². The van der Waals surface area contributed by atoms with E-state index in [4.69, 9.17) is 53.8 Å². The molecule has 13 heteroatoms. The Balaban J connectivity index is 1.97. The molecule has 1 saturated heterocycles. The number of nitrogens with one attached hydrogen (secondary N) is 1. The lowest BCUT2D eigenvalue weighted by Gasteiger charge is -2.45. The Morgan fingerprint density at radius 3 is 2.00 bits per heavy atom. The Labute approximate surface area is 238 Å². The predicted molar refractivity (Wildman–Crippen MR) is 141 cm³/mol. The third-order valence-electron chi connectivity index (χ3n) is 5.19. The van der Waals surface area contributed by atoms with E-state index >= 15 is 0 Å². The smallest absolute Gasteiger partial charge is 0.338 e. The van der Waals surface area contributed by atoms with Gasteiger partial charge < -0.3 is 24.3 Å². The van der Waals surface area contributed by atoms with Gasteiger partial charge >= 0.3 is 17.9 Å². The number of ether oxygens (including phenoxy) is 4. The van der Waals surface area contributed by atoms with Crippen LogP contribution in [-0.4, -0.2) is 64.0 Å². The molecule has 1 N–H and O–H groups in total. The number of esters is 3. The van der Waals surface area contributed by atoms with Gasteiger partial charge in [0.15, 0.2) is 12.2 Å². The second-order valence-electron chi connectivity index (χ2n) is 8.08. The van der Waals surface area contributed by atoms with Crippen molar-refractivity contribution < 1.29 is 38.1 Å². The minimum Gasteiger partial charge on any atom is -0.459 e. The number of benzene rings is 2. The number of hydrogen-bond acceptors (Lipinski definition) is 9. The van der Waals surface area contributed by atoms with Gasteiger partial charge in [-0.15, -0.1) is 0 Å². The molecule has 1 fully saturated rings. The SMILES string of the molecule is CC(=O)OC1[C@H](OC(C)=O)C(COC(=O)c2ccccc2)O[C@@H](Sc2ccccc2)[C@H]1NC(=O)C(Cl)(Cl)Cl. The van der Waals surface area contributed by atoms with Crippen LogP contribution in [0.5, 0.6) is 0 Å². The van der Waals surface area contributed by atoms with Gasteiger partial charge in [0, 0.05) is 18.7 Å². The summed E-state index contributed by atoms with van der Waals surface area (Å²) in [5.74, 6) is -3.11. The highest BCUT2D eigenvalue weighted by molar-refractivity contribution is 7.99. The zero-order chi connectivity index (χ0) is 27.9. The highest BCUT2D eigenvalue weighted by atomic mass is 35.6. The minimum atomic E-state index is -2.35. The maximum atomic E-state index is 12.7. The molecule has 1 aliphatic rings. The van der Waals surface area contributed by atoms with Crippen LogP contribution in [0.3, 0.4) is 0 Å². The van der Waals surface area contributed by atoms with Crippen molar-refractivity contribution in [1.82, 2.24) is 5.32 Å². The Kier molecular flexibility index (Phi) is 10.7. The topological polar surface area (TPSA) is 117 Å². The third-order valence-corrected chi connectivity index (χ3v) is 6.89. The van der Waals surface area contributed by atoms with Crippen LogP contribution in [-0.2, 0) is 33.3 Å². The second-order valence-corrected chi connectivity index (χ2v) is 11.5. The van der Waals surface area contributed by atoms with E-state index in [0.29, 0.717) is 5.56 Å². The van der Waals surface area contributed by atoms with E-state index < -0.39 is 57.4 Å². The van der Waals surface area contributed by atoms with Crippen LogP contribution in [0.1, 0.15) is 24.2 Å². The van der Waals surface area contributed by atoms with Crippen LogP contribution < -0.4 is 5.32 Å². The Hall–Kier alpha value is -2.50. The van der Waals surface area contributed by atoms with E-state index in [1.807, 2.05) is 6.07 Å². The van der Waals surface area contributed by atoms with Crippen LogP contribution >= 0.6 is 46.6 Å². The zero-order valence-electron chi connectivity index (χ0n) is 20.2. The number of carbonyl (C=O) groups is 4. The first-order valence-corrected chi connectivity index (χ1v) is 13.3. The standard InChI is InChI=1S/C25H24Cl3NO8S/c1-14(30)35-20-18(13-34-22(32)16-9-5-3-6-10-16)37-23(38-17-11-7-4-8-12-17)19(21(20)36-15(2)31)29-24(33)25(26,27)28/h3-12,18-21,23H,13H2,1-2H3,(H,29,33)/t18?,19-,20+,21?,23-/m0/s1. The summed E-state index contributed by atoms with van der Waals surface area (Å²) in [6.07, 6.45) is -3.66. The Morgan fingerprint density at radius 2 is 1.45 bits per heavy atom. The number of hydrogen-bond donors (Lipinski definition) is 1. The molecule has 0 radical (unpaired) electrons. The molecule has 2 aromatic rings. The predicted octanol–water partition coefficient (Wildman–Crippen LogP) is 4.08. The number of amides is 1. The first-order chi connectivity index (χ1) is 18.0. The normalized spacial score (nSPS) is 23.1. The molecule has 1 heterocycles. The van der Waals surface area contributed by atoms with Gasteiger partial charge in [0.1, 0.15) is 24.2 Å². The molecule has 0 aliphatic carbocycles. The number of rotatable bonds is 8. The lowest BCUT2D eigenvalue weighted by molar-refractivity contribution is -0.209. The average Bonchev–Trinajstić information content (AvgIpc) is 2.86. The summed E-state index contributed by atoms with van der Waals surface area (Å²) in [6, 6.07) is 16.1. The van der Waals surface area contributed by atoms with Gasteiger partial charge in [0.25, 0.3) is 9.70 Å². The van der Waals surface area contributed by atoms with Crippen LogP contribution in [0.15, 0.2) is 65.6 Å². The van der Waals surface area contributed by atoms with Gasteiger partial charge in [-0.25, -0.2) is 4.79 Å². The lowest BCUT2D eigenvalue weighted by Crippen LogP contribution is -2.66. The van der Waals surface area contributed by atoms with E-state index in [1.165, 1.54) is 11.8 Å². The number of halogens is 3. The molecule has 3 rings (SSSR count). The van der Waals surface area contributed by atoms with Crippen LogP contribution in [0.25, 0.3) is 0 Å². The van der Waals surface area contributed by atoms with Crippen molar-refractivity contribution in [1.29, 1.82) is 0 Å². The Morgan fingerprint density at radius 1 is 0.895 bits per heavy atom. The summed E-state index contributed by atoms with van der Waals surface area (Å²) >= 11 is 18.5.